The van der Waals surface area contributed by atoms with Crippen molar-refractivity contribution >= 4 is 17.2 Å². The van der Waals surface area contributed by atoms with Crippen molar-refractivity contribution in [2.45, 2.75) is 51.2 Å². The molecule has 1 fully saturated rings. The molecule has 1 heterocycles. The summed E-state index contributed by atoms with van der Waals surface area (Å²) in [5.74, 6) is 0.152. The molecule has 0 unspecified atom stereocenters. The van der Waals surface area contributed by atoms with Gasteiger partial charge in [0.2, 0.25) is 0 Å². The van der Waals surface area contributed by atoms with Crippen LogP contribution >= 0.6 is 11.3 Å². The van der Waals surface area contributed by atoms with E-state index < -0.39 is 0 Å². The summed E-state index contributed by atoms with van der Waals surface area (Å²) in [4.78, 5) is 13.6. The molecular weight excluding hydrogens is 304 g/mol. The Hall–Kier alpha value is -1.65. The lowest BCUT2D eigenvalue weighted by atomic mass is 10.0. The van der Waals surface area contributed by atoms with Crippen molar-refractivity contribution in [1.29, 1.82) is 0 Å². The summed E-state index contributed by atoms with van der Waals surface area (Å²) in [6.07, 6.45) is 3.31. The predicted octanol–water partition coefficient (Wildman–Crippen LogP) is 2.63. The molecule has 1 aromatic carbocycles. The Morgan fingerprint density at radius 3 is 2.61 bits per heavy atom. The lowest BCUT2D eigenvalue weighted by Crippen LogP contribution is -2.92. The Labute approximate surface area is 142 Å². The van der Waals surface area contributed by atoms with Gasteiger partial charge in [0, 0.05) is 11.6 Å². The molecule has 122 valence electrons. The number of rotatable bonds is 7. The summed E-state index contributed by atoms with van der Waals surface area (Å²) < 4.78 is 0. The molecule has 23 heavy (non-hydrogen) atoms. The Balaban J connectivity index is 1.76. The van der Waals surface area contributed by atoms with Crippen LogP contribution in [-0.4, -0.2) is 18.0 Å². The minimum absolute atomic E-state index is 0.0893. The van der Waals surface area contributed by atoms with Crippen LogP contribution in [0, 0.1) is 0 Å². The topological polar surface area (TPSA) is 45.7 Å². The van der Waals surface area contributed by atoms with Crippen LogP contribution in [0.15, 0.2) is 41.8 Å². The fourth-order valence-electron chi connectivity index (χ4n) is 2.74. The smallest absolute Gasteiger partial charge is 0.278 e. The van der Waals surface area contributed by atoms with Crippen LogP contribution in [0.4, 0.5) is 0 Å². The maximum Gasteiger partial charge on any atom is 0.278 e. The van der Waals surface area contributed by atoms with E-state index in [0.29, 0.717) is 6.04 Å². The second-order valence-electron chi connectivity index (χ2n) is 6.35. The predicted molar refractivity (Wildman–Crippen MR) is 94.5 cm³/mol. The van der Waals surface area contributed by atoms with Gasteiger partial charge in [0.15, 0.2) is 6.04 Å². The van der Waals surface area contributed by atoms with Crippen LogP contribution in [0.25, 0.3) is 0 Å². The molecule has 1 aliphatic rings. The number of thiophene rings is 1. The molecule has 2 aromatic rings. The van der Waals surface area contributed by atoms with E-state index >= 15 is 0 Å². The molecule has 1 aliphatic carbocycles. The Morgan fingerprint density at radius 2 is 2.04 bits per heavy atom. The summed E-state index contributed by atoms with van der Waals surface area (Å²) in [6.45, 7) is 4.17. The fourth-order valence-corrected chi connectivity index (χ4v) is 3.57. The van der Waals surface area contributed by atoms with Gasteiger partial charge in [0.05, 0.1) is 4.88 Å². The van der Waals surface area contributed by atoms with E-state index in [0.717, 1.165) is 19.3 Å². The lowest BCUT2D eigenvalue weighted by molar-refractivity contribution is -0.704. The van der Waals surface area contributed by atoms with Crippen molar-refractivity contribution in [3.8, 4) is 0 Å². The standard InChI is InChI=1S/C19H24N2OS/c1-3-14-6-8-15(9-7-14)18(17-5-4-12-23-17)20-13(2)19(22)21-16-10-11-16/h4-9,12-13,16,18,20H,3,10-11H2,1-2H3,(H,21,22)/p+1/t13-,18+/m1/s1. The third kappa shape index (κ3) is 4.21. The molecule has 2 atom stereocenters. The quantitative estimate of drug-likeness (QED) is 0.806. The number of hydrogen-bond donors (Lipinski definition) is 2. The first-order valence-corrected chi connectivity index (χ1v) is 9.33. The average molecular weight is 329 g/mol. The molecular formula is C19H25N2OS+. The number of carbonyl (C=O) groups excluding carboxylic acids is 1. The number of nitrogens with one attached hydrogen (secondary N) is 1. The second-order valence-corrected chi connectivity index (χ2v) is 7.33. The zero-order chi connectivity index (χ0) is 16.2. The molecule has 0 radical (unpaired) electrons. The number of quaternary nitrogens is 1. The maximum atomic E-state index is 12.3. The van der Waals surface area contributed by atoms with Gasteiger partial charge in [-0.05, 0) is 43.2 Å². The van der Waals surface area contributed by atoms with Gasteiger partial charge in [-0.1, -0.05) is 37.3 Å². The third-order valence-electron chi connectivity index (χ3n) is 4.42. The average Bonchev–Trinajstić information content (AvgIpc) is 3.22. The molecule has 0 bridgehead atoms. The normalized spacial score (nSPS) is 16.8. The lowest BCUT2D eigenvalue weighted by Gasteiger charge is -2.19. The van der Waals surface area contributed by atoms with Gasteiger partial charge < -0.3 is 10.6 Å². The first-order valence-electron chi connectivity index (χ1n) is 8.45. The zero-order valence-corrected chi connectivity index (χ0v) is 14.6. The van der Waals surface area contributed by atoms with Crippen molar-refractivity contribution in [1.82, 2.24) is 5.32 Å². The molecule has 3 nitrogen and oxygen atoms in total. The molecule has 3 rings (SSSR count). The summed E-state index contributed by atoms with van der Waals surface area (Å²) in [7, 11) is 0. The molecule has 0 spiro atoms. The molecule has 1 amide bonds. The van der Waals surface area contributed by atoms with E-state index in [1.165, 1.54) is 16.0 Å². The monoisotopic (exact) mass is 329 g/mol. The van der Waals surface area contributed by atoms with Gasteiger partial charge in [-0.25, -0.2) is 0 Å². The third-order valence-corrected chi connectivity index (χ3v) is 5.37. The number of amides is 1. The summed E-state index contributed by atoms with van der Waals surface area (Å²) in [6, 6.07) is 13.5. The first-order chi connectivity index (χ1) is 11.2. The van der Waals surface area contributed by atoms with Gasteiger partial charge in [0.1, 0.15) is 6.04 Å². The van der Waals surface area contributed by atoms with Gasteiger partial charge in [0.25, 0.3) is 5.91 Å². The van der Waals surface area contributed by atoms with E-state index in [-0.39, 0.29) is 18.0 Å². The van der Waals surface area contributed by atoms with E-state index in [4.69, 9.17) is 0 Å². The number of nitrogens with two attached hydrogens (primary N) is 1. The van der Waals surface area contributed by atoms with Gasteiger partial charge >= 0.3 is 0 Å². The molecule has 1 aromatic heterocycles. The van der Waals surface area contributed by atoms with Crippen molar-refractivity contribution in [3.63, 3.8) is 0 Å². The van der Waals surface area contributed by atoms with Crippen molar-refractivity contribution in [3.05, 3.63) is 57.8 Å². The van der Waals surface area contributed by atoms with Crippen molar-refractivity contribution in [2.24, 2.45) is 0 Å². The molecule has 3 N–H and O–H groups in total. The first kappa shape index (κ1) is 16.2. The van der Waals surface area contributed by atoms with E-state index in [1.54, 1.807) is 11.3 Å². The summed E-state index contributed by atoms with van der Waals surface area (Å²) >= 11 is 1.75. The Bertz CT molecular complexity index is 632. The minimum Gasteiger partial charge on any atom is -0.348 e. The SMILES string of the molecule is CCc1ccc([C@H]([NH2+][C@H](C)C(=O)NC2CC2)c2cccs2)cc1. The molecule has 0 aliphatic heterocycles. The van der Waals surface area contributed by atoms with Crippen molar-refractivity contribution in [2.75, 3.05) is 0 Å². The Kier molecular flexibility index (Phi) is 5.13. The highest BCUT2D eigenvalue weighted by molar-refractivity contribution is 7.10. The zero-order valence-electron chi connectivity index (χ0n) is 13.8. The van der Waals surface area contributed by atoms with Crippen LogP contribution < -0.4 is 10.6 Å². The van der Waals surface area contributed by atoms with Gasteiger partial charge in [-0.3, -0.25) is 4.79 Å². The second kappa shape index (κ2) is 7.28. The molecule has 4 heteroatoms. The molecule has 0 saturated heterocycles. The number of hydrogen-bond acceptors (Lipinski definition) is 2. The van der Waals surface area contributed by atoms with Crippen LogP contribution in [0.5, 0.6) is 0 Å². The van der Waals surface area contributed by atoms with Gasteiger partial charge in [-0.15, -0.1) is 11.3 Å². The number of carbonyl (C=O) groups is 1. The highest BCUT2D eigenvalue weighted by atomic mass is 32.1. The van der Waals surface area contributed by atoms with Crippen LogP contribution in [-0.2, 0) is 11.2 Å². The maximum absolute atomic E-state index is 12.3. The van der Waals surface area contributed by atoms with Crippen molar-refractivity contribution < 1.29 is 10.1 Å². The van der Waals surface area contributed by atoms with E-state index in [1.807, 2.05) is 6.92 Å². The van der Waals surface area contributed by atoms with Gasteiger partial charge in [-0.2, -0.15) is 0 Å². The Morgan fingerprint density at radius 1 is 1.30 bits per heavy atom. The summed E-state index contributed by atoms with van der Waals surface area (Å²) in [5.41, 5.74) is 2.61. The fraction of sp³-hybridized carbons (Fsp3) is 0.421. The largest absolute Gasteiger partial charge is 0.348 e. The highest BCUT2D eigenvalue weighted by Gasteiger charge is 2.29. The number of aryl methyl sites for hydroxylation is 1. The van der Waals surface area contributed by atoms with E-state index in [9.17, 15) is 4.79 Å². The van der Waals surface area contributed by atoms with Crippen LogP contribution in [0.2, 0.25) is 0 Å². The van der Waals surface area contributed by atoms with E-state index in [2.05, 4.69) is 59.3 Å². The summed E-state index contributed by atoms with van der Waals surface area (Å²) in [5, 5.41) is 7.39. The molecule has 1 saturated carbocycles. The minimum atomic E-state index is -0.0893. The van der Waals surface area contributed by atoms with Crippen LogP contribution in [0.1, 0.15) is 48.7 Å². The number of benzene rings is 1. The van der Waals surface area contributed by atoms with Crippen LogP contribution in [0.3, 0.4) is 0 Å². The highest BCUT2D eigenvalue weighted by Crippen LogP contribution is 2.23.